The number of aryl methyl sites for hydroxylation is 1. The van der Waals surface area contributed by atoms with E-state index in [2.05, 4.69) is 44.7 Å². The summed E-state index contributed by atoms with van der Waals surface area (Å²) in [6.07, 6.45) is 15.3. The van der Waals surface area contributed by atoms with Crippen LogP contribution in [0.25, 0.3) is 0 Å². The Labute approximate surface area is 258 Å². The second-order valence-corrected chi connectivity index (χ2v) is 14.7. The molecule has 4 aliphatic rings. The maximum atomic E-state index is 12.8. The third kappa shape index (κ3) is 6.58. The van der Waals surface area contributed by atoms with Gasteiger partial charge in [-0.3, -0.25) is 4.79 Å². The first-order chi connectivity index (χ1) is 20.5. The van der Waals surface area contributed by atoms with E-state index < -0.39 is 12.2 Å². The van der Waals surface area contributed by atoms with Gasteiger partial charge < -0.3 is 19.5 Å². The Morgan fingerprint density at radius 1 is 1.16 bits per heavy atom. The van der Waals surface area contributed by atoms with Gasteiger partial charge in [0, 0.05) is 12.8 Å². The fourth-order valence-electron chi connectivity index (χ4n) is 8.61. The van der Waals surface area contributed by atoms with Crippen LogP contribution in [-0.2, 0) is 21.4 Å². The first-order valence-electron chi connectivity index (χ1n) is 17.0. The molecule has 2 N–H and O–H groups in total. The topological polar surface area (TPSA) is 106 Å². The van der Waals surface area contributed by atoms with Crippen LogP contribution in [0, 0.1) is 29.1 Å². The molecule has 1 aromatic rings. The van der Waals surface area contributed by atoms with E-state index in [9.17, 15) is 15.0 Å². The summed E-state index contributed by atoms with van der Waals surface area (Å²) < 4.78 is 12.0. The fourth-order valence-corrected chi connectivity index (χ4v) is 8.61. The van der Waals surface area contributed by atoms with Gasteiger partial charge in [0.25, 0.3) is 0 Å². The van der Waals surface area contributed by atoms with Crippen molar-refractivity contribution in [3.05, 3.63) is 47.2 Å². The van der Waals surface area contributed by atoms with Crippen molar-refractivity contribution < 1.29 is 24.3 Å². The molecule has 4 aliphatic carbocycles. The molecule has 0 spiro atoms. The fraction of sp³-hybridized carbons (Fsp3) is 0.750. The van der Waals surface area contributed by atoms with Gasteiger partial charge in [0.15, 0.2) is 5.82 Å². The molecule has 0 aromatic carbocycles. The third-order valence-corrected chi connectivity index (χ3v) is 11.4. The summed E-state index contributed by atoms with van der Waals surface area (Å²) in [6, 6.07) is 0. The molecule has 7 nitrogen and oxygen atoms in total. The smallest absolute Gasteiger partial charge is 0.308 e. The van der Waals surface area contributed by atoms with Gasteiger partial charge in [0.2, 0.25) is 5.89 Å². The number of carbonyl (C=O) groups is 1. The number of hydrogen-bond acceptors (Lipinski definition) is 7. The van der Waals surface area contributed by atoms with Crippen LogP contribution in [0.4, 0.5) is 0 Å². The molecular formula is C36H54N2O5. The number of aliphatic hydroxyl groups is 2. The summed E-state index contributed by atoms with van der Waals surface area (Å²) in [5.41, 5.74) is 3.14. The summed E-state index contributed by atoms with van der Waals surface area (Å²) in [7, 11) is 0. The summed E-state index contributed by atoms with van der Waals surface area (Å²) in [5.74, 6) is 2.73. The van der Waals surface area contributed by atoms with Crippen LogP contribution in [0.3, 0.4) is 0 Å². The molecule has 0 amide bonds. The van der Waals surface area contributed by atoms with Crippen molar-refractivity contribution >= 4 is 5.97 Å². The molecule has 0 radical (unpaired) electrons. The Bertz CT molecular complexity index is 1230. The molecule has 0 bridgehead atoms. The summed E-state index contributed by atoms with van der Waals surface area (Å²) >= 11 is 0. The Morgan fingerprint density at radius 2 is 1.93 bits per heavy atom. The lowest BCUT2D eigenvalue weighted by Gasteiger charge is -2.44. The van der Waals surface area contributed by atoms with Crippen molar-refractivity contribution in [3.8, 4) is 0 Å². The maximum Gasteiger partial charge on any atom is 0.308 e. The first-order valence-corrected chi connectivity index (χ1v) is 17.0. The zero-order valence-corrected chi connectivity index (χ0v) is 27.1. The molecule has 4 saturated carbocycles. The lowest BCUT2D eigenvalue weighted by Crippen LogP contribution is -2.37. The highest BCUT2D eigenvalue weighted by Gasteiger charge is 2.58. The van der Waals surface area contributed by atoms with E-state index in [1.54, 1.807) is 0 Å². The van der Waals surface area contributed by atoms with E-state index in [0.717, 1.165) is 61.9 Å². The highest BCUT2D eigenvalue weighted by Crippen LogP contribution is 2.60. The monoisotopic (exact) mass is 594 g/mol. The Morgan fingerprint density at radius 3 is 2.63 bits per heavy atom. The number of ether oxygens (including phenoxy) is 1. The molecule has 0 aliphatic heterocycles. The largest absolute Gasteiger partial charge is 0.461 e. The van der Waals surface area contributed by atoms with Crippen molar-refractivity contribution in [1.29, 1.82) is 0 Å². The first kappa shape index (κ1) is 32.2. The van der Waals surface area contributed by atoms with Gasteiger partial charge in [-0.05, 0) is 105 Å². The number of aromatic nitrogens is 2. The van der Waals surface area contributed by atoms with Crippen LogP contribution < -0.4 is 0 Å². The Kier molecular flexibility index (Phi) is 9.72. The van der Waals surface area contributed by atoms with E-state index >= 15 is 0 Å². The molecule has 7 atom stereocenters. The minimum atomic E-state index is -0.654. The van der Waals surface area contributed by atoms with E-state index in [1.165, 1.54) is 31.3 Å². The molecule has 0 saturated heterocycles. The highest BCUT2D eigenvalue weighted by atomic mass is 16.5. The third-order valence-electron chi connectivity index (χ3n) is 11.4. The Hall–Kier alpha value is -2.25. The van der Waals surface area contributed by atoms with Gasteiger partial charge in [0.05, 0.1) is 23.5 Å². The number of aliphatic hydroxyl groups excluding tert-OH is 2. The number of allylic oxidation sites excluding steroid dienone is 3. The minimum absolute atomic E-state index is 0.151. The quantitative estimate of drug-likeness (QED) is 0.262. The van der Waals surface area contributed by atoms with Gasteiger partial charge >= 0.3 is 5.97 Å². The summed E-state index contributed by atoms with van der Waals surface area (Å²) in [5, 5.41) is 24.7. The lowest BCUT2D eigenvalue weighted by atomic mass is 9.60. The molecule has 0 unspecified atom stereocenters. The number of esters is 1. The molecule has 5 rings (SSSR count). The van der Waals surface area contributed by atoms with Crippen molar-refractivity contribution in [1.82, 2.24) is 10.1 Å². The number of hydrogen-bond donors (Lipinski definition) is 2. The zero-order chi connectivity index (χ0) is 30.9. The molecule has 1 heterocycles. The lowest BCUT2D eigenvalue weighted by molar-refractivity contribution is -0.155. The molecule has 1 aromatic heterocycles. The van der Waals surface area contributed by atoms with Gasteiger partial charge in [-0.2, -0.15) is 4.98 Å². The van der Waals surface area contributed by atoms with Gasteiger partial charge in [-0.15, -0.1) is 0 Å². The van der Waals surface area contributed by atoms with Gasteiger partial charge in [-0.25, -0.2) is 0 Å². The van der Waals surface area contributed by atoms with Crippen LogP contribution in [-0.4, -0.2) is 44.6 Å². The highest BCUT2D eigenvalue weighted by molar-refractivity contribution is 5.72. The van der Waals surface area contributed by atoms with Crippen LogP contribution in [0.1, 0.15) is 123 Å². The molecule has 4 fully saturated rings. The SMILES string of the molecule is C=C1/C(=C\C=C2/CCC[C@]3(C)[C@@H]([C@H](C)CC[C@H](OC(=O)C(C)C)C4(c5nc(CCC)no5)CC4)CC[C@@H]23)C[C@@H](O)C[C@@H]1O. The summed E-state index contributed by atoms with van der Waals surface area (Å²) in [4.78, 5) is 17.6. The predicted molar refractivity (Wildman–Crippen MR) is 167 cm³/mol. The van der Waals surface area contributed by atoms with E-state index in [1.807, 2.05) is 13.8 Å². The number of nitrogens with zero attached hydrogens (tertiary/aromatic N) is 2. The van der Waals surface area contributed by atoms with Gasteiger partial charge in [-0.1, -0.05) is 64.1 Å². The normalized spacial score (nSPS) is 33.5. The standard InChI is InChI=1S/C36H54N2O5/c1-7-9-32-37-34(43-38-32)36(18-19-36)31(42-33(41)22(2)3)16-11-23(4)28-14-15-29-25(10-8-17-35(28,29)6)12-13-26-20-27(39)21-30(40)24(26)5/h12-13,22-23,27-31,39-40H,5,7-11,14-21H2,1-4,6H3/b25-12+,26-13-/t23-,27-,28-,29+,30+,31+,35-/m1/s1. The van der Waals surface area contributed by atoms with Crippen molar-refractivity contribution in [3.63, 3.8) is 0 Å². The van der Waals surface area contributed by atoms with Crippen LogP contribution in [0.5, 0.6) is 0 Å². The second kappa shape index (κ2) is 13.0. The van der Waals surface area contributed by atoms with E-state index in [4.69, 9.17) is 14.2 Å². The zero-order valence-electron chi connectivity index (χ0n) is 27.1. The molecular weight excluding hydrogens is 540 g/mol. The minimum Gasteiger partial charge on any atom is -0.461 e. The number of carbonyl (C=O) groups excluding carboxylic acids is 1. The number of fused-ring (bicyclic) bond motifs is 1. The van der Waals surface area contributed by atoms with Crippen LogP contribution >= 0.6 is 0 Å². The van der Waals surface area contributed by atoms with Crippen molar-refractivity contribution in [2.45, 2.75) is 142 Å². The number of rotatable bonds is 11. The van der Waals surface area contributed by atoms with Gasteiger partial charge in [0.1, 0.15) is 6.10 Å². The second-order valence-electron chi connectivity index (χ2n) is 14.7. The molecule has 7 heteroatoms. The molecule has 43 heavy (non-hydrogen) atoms. The van der Waals surface area contributed by atoms with Crippen LogP contribution in [0.15, 0.2) is 40.0 Å². The average molecular weight is 595 g/mol. The maximum absolute atomic E-state index is 12.8. The summed E-state index contributed by atoms with van der Waals surface area (Å²) in [6.45, 7) is 14.9. The van der Waals surface area contributed by atoms with Crippen LogP contribution in [0.2, 0.25) is 0 Å². The van der Waals surface area contributed by atoms with Crippen molar-refractivity contribution in [2.24, 2.45) is 29.1 Å². The van der Waals surface area contributed by atoms with E-state index in [0.29, 0.717) is 36.5 Å². The average Bonchev–Trinajstić information content (AvgIpc) is 3.49. The van der Waals surface area contributed by atoms with E-state index in [-0.39, 0.29) is 28.8 Å². The molecule has 238 valence electrons. The Balaban J connectivity index is 1.29. The predicted octanol–water partition coefficient (Wildman–Crippen LogP) is 7.18. The van der Waals surface area contributed by atoms with Crippen molar-refractivity contribution in [2.75, 3.05) is 0 Å².